The van der Waals surface area contributed by atoms with Crippen LogP contribution in [-0.2, 0) is 0 Å². The fraction of sp³-hybridized carbons (Fsp3) is 0.692. The summed E-state index contributed by atoms with van der Waals surface area (Å²) in [5.41, 5.74) is -0.433. The van der Waals surface area contributed by atoms with E-state index in [0.29, 0.717) is 5.95 Å². The smallest absolute Gasteiger partial charge is 0.224 e. The van der Waals surface area contributed by atoms with Crippen molar-refractivity contribution in [3.8, 4) is 0 Å². The Balaban J connectivity index is 2.13. The van der Waals surface area contributed by atoms with Crippen molar-refractivity contribution in [2.75, 3.05) is 23.8 Å². The first kappa shape index (κ1) is 14.0. The number of anilines is 2. The molecule has 0 aliphatic heterocycles. The van der Waals surface area contributed by atoms with Crippen molar-refractivity contribution in [2.45, 2.75) is 44.6 Å². The quantitative estimate of drug-likeness (QED) is 0.737. The number of halogens is 1. The fourth-order valence-corrected chi connectivity index (χ4v) is 2.40. The summed E-state index contributed by atoms with van der Waals surface area (Å²) in [6, 6.07) is 0. The molecular formula is C13H21FN4O. The summed E-state index contributed by atoms with van der Waals surface area (Å²) in [7, 11) is 0. The van der Waals surface area contributed by atoms with Crippen molar-refractivity contribution >= 4 is 11.8 Å². The van der Waals surface area contributed by atoms with Crippen LogP contribution in [0.25, 0.3) is 0 Å². The molecule has 1 aliphatic rings. The molecule has 2 rings (SSSR count). The van der Waals surface area contributed by atoms with E-state index >= 15 is 0 Å². The van der Waals surface area contributed by atoms with Gasteiger partial charge in [-0.15, -0.1) is 0 Å². The van der Waals surface area contributed by atoms with Gasteiger partial charge in [0.05, 0.1) is 18.3 Å². The highest BCUT2D eigenvalue weighted by atomic mass is 19.1. The minimum absolute atomic E-state index is 0.00579. The number of aliphatic hydroxyl groups excluding tert-OH is 1. The Bertz CT molecular complexity index is 421. The molecule has 3 N–H and O–H groups in total. The number of hydrogen-bond donors (Lipinski definition) is 3. The van der Waals surface area contributed by atoms with E-state index in [9.17, 15) is 9.50 Å². The van der Waals surface area contributed by atoms with Crippen LogP contribution >= 0.6 is 0 Å². The third-order valence-corrected chi connectivity index (χ3v) is 3.52. The summed E-state index contributed by atoms with van der Waals surface area (Å²) in [4.78, 5) is 8.05. The van der Waals surface area contributed by atoms with E-state index < -0.39 is 11.4 Å². The first-order valence-corrected chi connectivity index (χ1v) is 6.84. The highest BCUT2D eigenvalue weighted by Crippen LogP contribution is 2.32. The van der Waals surface area contributed by atoms with E-state index in [1.807, 2.05) is 6.92 Å². The number of nitrogens with one attached hydrogen (secondary N) is 2. The SMILES string of the molecule is CCCNc1ncc(F)c(NC2(CO)CCCC2)n1. The lowest BCUT2D eigenvalue weighted by Gasteiger charge is -2.28. The van der Waals surface area contributed by atoms with Gasteiger partial charge in [0.1, 0.15) is 0 Å². The van der Waals surface area contributed by atoms with E-state index in [0.717, 1.165) is 44.8 Å². The Morgan fingerprint density at radius 1 is 1.42 bits per heavy atom. The lowest BCUT2D eigenvalue weighted by atomic mass is 9.99. The fourth-order valence-electron chi connectivity index (χ4n) is 2.40. The zero-order valence-electron chi connectivity index (χ0n) is 11.2. The van der Waals surface area contributed by atoms with Gasteiger partial charge in [-0.3, -0.25) is 0 Å². The van der Waals surface area contributed by atoms with Crippen LogP contribution in [-0.4, -0.2) is 33.8 Å². The lowest BCUT2D eigenvalue weighted by Crippen LogP contribution is -2.39. The van der Waals surface area contributed by atoms with Crippen molar-refractivity contribution < 1.29 is 9.50 Å². The molecule has 1 aromatic heterocycles. The molecular weight excluding hydrogens is 247 g/mol. The van der Waals surface area contributed by atoms with Gasteiger partial charge in [0.25, 0.3) is 0 Å². The molecule has 19 heavy (non-hydrogen) atoms. The zero-order valence-corrected chi connectivity index (χ0v) is 11.2. The molecule has 1 aromatic rings. The Morgan fingerprint density at radius 3 is 2.79 bits per heavy atom. The molecule has 0 saturated heterocycles. The van der Waals surface area contributed by atoms with Crippen LogP contribution in [0.4, 0.5) is 16.2 Å². The van der Waals surface area contributed by atoms with Crippen molar-refractivity contribution in [2.24, 2.45) is 0 Å². The van der Waals surface area contributed by atoms with Gasteiger partial charge in [-0.1, -0.05) is 19.8 Å². The lowest BCUT2D eigenvalue weighted by molar-refractivity contribution is 0.213. The minimum atomic E-state index is -0.484. The summed E-state index contributed by atoms with van der Waals surface area (Å²) >= 11 is 0. The van der Waals surface area contributed by atoms with Gasteiger partial charge in [0.15, 0.2) is 11.6 Å². The first-order chi connectivity index (χ1) is 9.19. The molecule has 1 heterocycles. The van der Waals surface area contributed by atoms with Gasteiger partial charge in [-0.05, 0) is 19.3 Å². The second kappa shape index (κ2) is 6.14. The topological polar surface area (TPSA) is 70.1 Å². The summed E-state index contributed by atoms with van der Waals surface area (Å²) in [6.07, 6.45) is 5.87. The van der Waals surface area contributed by atoms with Gasteiger partial charge in [0.2, 0.25) is 5.95 Å². The van der Waals surface area contributed by atoms with Crippen LogP contribution in [0.1, 0.15) is 39.0 Å². The number of aliphatic hydroxyl groups is 1. The predicted octanol–water partition coefficient (Wildman–Crippen LogP) is 2.15. The standard InChI is InChI=1S/C13H21FN4O/c1-2-7-15-12-16-8-10(14)11(17-12)18-13(9-19)5-3-4-6-13/h8,19H,2-7,9H2,1H3,(H2,15,16,17,18). The van der Waals surface area contributed by atoms with Crippen LogP contribution in [0.15, 0.2) is 6.20 Å². The molecule has 0 radical (unpaired) electrons. The maximum atomic E-state index is 13.8. The Hall–Kier alpha value is -1.43. The Morgan fingerprint density at radius 2 is 2.16 bits per heavy atom. The Kier molecular flexibility index (Phi) is 4.52. The predicted molar refractivity (Wildman–Crippen MR) is 72.7 cm³/mol. The molecule has 0 spiro atoms. The van der Waals surface area contributed by atoms with Crippen LogP contribution in [0, 0.1) is 5.82 Å². The molecule has 0 atom stereocenters. The average Bonchev–Trinajstić information content (AvgIpc) is 2.89. The van der Waals surface area contributed by atoms with Crippen molar-refractivity contribution in [1.82, 2.24) is 9.97 Å². The molecule has 0 unspecified atom stereocenters. The van der Waals surface area contributed by atoms with Gasteiger partial charge in [-0.25, -0.2) is 9.37 Å². The van der Waals surface area contributed by atoms with Gasteiger partial charge >= 0.3 is 0 Å². The monoisotopic (exact) mass is 268 g/mol. The normalized spacial score (nSPS) is 17.4. The van der Waals surface area contributed by atoms with Gasteiger partial charge < -0.3 is 15.7 Å². The summed E-state index contributed by atoms with van der Waals surface area (Å²) in [5, 5.41) is 15.6. The van der Waals surface area contributed by atoms with Crippen LogP contribution in [0.2, 0.25) is 0 Å². The van der Waals surface area contributed by atoms with E-state index in [2.05, 4.69) is 20.6 Å². The zero-order chi connectivity index (χ0) is 13.7. The number of hydrogen-bond acceptors (Lipinski definition) is 5. The Labute approximate surface area is 112 Å². The maximum Gasteiger partial charge on any atom is 0.224 e. The van der Waals surface area contributed by atoms with Crippen LogP contribution in [0.5, 0.6) is 0 Å². The van der Waals surface area contributed by atoms with E-state index in [1.54, 1.807) is 0 Å². The van der Waals surface area contributed by atoms with Crippen LogP contribution in [0.3, 0.4) is 0 Å². The largest absolute Gasteiger partial charge is 0.394 e. The van der Waals surface area contributed by atoms with Crippen molar-refractivity contribution in [3.63, 3.8) is 0 Å². The second-order valence-corrected chi connectivity index (χ2v) is 5.09. The third-order valence-electron chi connectivity index (χ3n) is 3.52. The molecule has 5 nitrogen and oxygen atoms in total. The van der Waals surface area contributed by atoms with E-state index in [1.165, 1.54) is 0 Å². The van der Waals surface area contributed by atoms with E-state index in [4.69, 9.17) is 0 Å². The van der Waals surface area contributed by atoms with Gasteiger partial charge in [0, 0.05) is 6.54 Å². The molecule has 0 aromatic carbocycles. The molecule has 0 amide bonds. The van der Waals surface area contributed by atoms with E-state index in [-0.39, 0.29) is 12.4 Å². The van der Waals surface area contributed by atoms with Crippen molar-refractivity contribution in [3.05, 3.63) is 12.0 Å². The minimum Gasteiger partial charge on any atom is -0.394 e. The highest BCUT2D eigenvalue weighted by molar-refractivity contribution is 5.43. The summed E-state index contributed by atoms with van der Waals surface area (Å²) in [6.45, 7) is 2.78. The van der Waals surface area contributed by atoms with Crippen LogP contribution < -0.4 is 10.6 Å². The number of aromatic nitrogens is 2. The highest BCUT2D eigenvalue weighted by Gasteiger charge is 2.34. The molecule has 1 aliphatic carbocycles. The molecule has 106 valence electrons. The maximum absolute atomic E-state index is 13.8. The second-order valence-electron chi connectivity index (χ2n) is 5.09. The molecule has 0 bridgehead atoms. The molecule has 1 fully saturated rings. The third kappa shape index (κ3) is 3.32. The first-order valence-electron chi connectivity index (χ1n) is 6.84. The van der Waals surface area contributed by atoms with Gasteiger partial charge in [-0.2, -0.15) is 4.98 Å². The van der Waals surface area contributed by atoms with Crippen molar-refractivity contribution in [1.29, 1.82) is 0 Å². The summed E-state index contributed by atoms with van der Waals surface area (Å²) < 4.78 is 13.8. The summed E-state index contributed by atoms with van der Waals surface area (Å²) in [5.74, 6) is 0.100. The molecule has 1 saturated carbocycles. The number of rotatable bonds is 6. The molecule has 6 heteroatoms. The average molecular weight is 268 g/mol. The number of nitrogens with zero attached hydrogens (tertiary/aromatic N) is 2.